The van der Waals surface area contributed by atoms with E-state index in [-0.39, 0.29) is 6.42 Å². The largest absolute Gasteiger partial charge is 0.390 e. The second kappa shape index (κ2) is 6.71. The Hall–Kier alpha value is -1.88. The van der Waals surface area contributed by atoms with Crippen LogP contribution in [0, 0.1) is 0 Å². The number of halogens is 1. The number of nitrogens with one attached hydrogen (secondary N) is 1. The van der Waals surface area contributed by atoms with E-state index in [1.807, 2.05) is 24.3 Å². The Morgan fingerprint density at radius 1 is 1.22 bits per heavy atom. The minimum absolute atomic E-state index is 0.202. The summed E-state index contributed by atoms with van der Waals surface area (Å²) in [4.78, 5) is 12.2. The van der Waals surface area contributed by atoms with Gasteiger partial charge in [-0.25, -0.2) is 0 Å². The topological polar surface area (TPSA) is 69.6 Å². The summed E-state index contributed by atoms with van der Waals surface area (Å²) in [6, 6.07) is 14.1. The zero-order valence-corrected chi connectivity index (χ0v) is 13.2. The molecule has 0 bridgehead atoms. The number of hydrogen-bond donors (Lipinski definition) is 3. The van der Waals surface area contributed by atoms with Gasteiger partial charge < -0.3 is 15.5 Å². The number of rotatable bonds is 4. The molecule has 0 aliphatic heterocycles. The summed E-state index contributed by atoms with van der Waals surface area (Å²) >= 11 is 5.82. The van der Waals surface area contributed by atoms with Crippen LogP contribution in [0.1, 0.15) is 22.7 Å². The van der Waals surface area contributed by atoms with Gasteiger partial charge in [0.05, 0.1) is 12.1 Å². The van der Waals surface area contributed by atoms with E-state index in [2.05, 4.69) is 5.32 Å². The molecular formula is C18H18ClNO3. The lowest BCUT2D eigenvalue weighted by atomic mass is 10.1. The molecular weight excluding hydrogens is 314 g/mol. The Bertz CT molecular complexity index is 702. The smallest absolute Gasteiger partial charge is 0.249 e. The van der Waals surface area contributed by atoms with Crippen LogP contribution in [0.15, 0.2) is 48.5 Å². The highest BCUT2D eigenvalue weighted by Crippen LogP contribution is 2.31. The number of hydrogen-bond acceptors (Lipinski definition) is 3. The quantitative estimate of drug-likeness (QED) is 0.802. The SMILES string of the molecule is O=C(N[C@H]1c2ccccc2C[C@@H]1O)C(O)Cc1ccc(Cl)cc1. The average Bonchev–Trinajstić information content (AvgIpc) is 2.85. The van der Waals surface area contributed by atoms with E-state index in [1.54, 1.807) is 24.3 Å². The first-order chi connectivity index (χ1) is 11.0. The number of benzene rings is 2. The van der Waals surface area contributed by atoms with Gasteiger partial charge in [0.1, 0.15) is 6.10 Å². The van der Waals surface area contributed by atoms with Gasteiger partial charge in [-0.15, -0.1) is 0 Å². The lowest BCUT2D eigenvalue weighted by Gasteiger charge is -2.20. The maximum atomic E-state index is 12.2. The van der Waals surface area contributed by atoms with Gasteiger partial charge in [-0.1, -0.05) is 48.0 Å². The highest BCUT2D eigenvalue weighted by molar-refractivity contribution is 6.30. The fourth-order valence-corrected chi connectivity index (χ4v) is 3.06. The van der Waals surface area contributed by atoms with Gasteiger partial charge in [0.2, 0.25) is 5.91 Å². The van der Waals surface area contributed by atoms with E-state index >= 15 is 0 Å². The number of carbonyl (C=O) groups is 1. The normalized spacial score (nSPS) is 20.8. The molecule has 0 fully saturated rings. The molecule has 3 rings (SSSR count). The van der Waals surface area contributed by atoms with Crippen molar-refractivity contribution in [3.63, 3.8) is 0 Å². The van der Waals surface area contributed by atoms with Crippen molar-refractivity contribution in [3.05, 3.63) is 70.2 Å². The number of amides is 1. The van der Waals surface area contributed by atoms with Crippen LogP contribution < -0.4 is 5.32 Å². The Labute approximate surface area is 139 Å². The third-order valence-corrected chi connectivity index (χ3v) is 4.40. The molecule has 3 atom stereocenters. The maximum absolute atomic E-state index is 12.2. The van der Waals surface area contributed by atoms with Crippen LogP contribution in [0.4, 0.5) is 0 Å². The predicted octanol–water partition coefficient (Wildman–Crippen LogP) is 2.02. The molecule has 4 nitrogen and oxygen atoms in total. The molecule has 0 saturated heterocycles. The van der Waals surface area contributed by atoms with Crippen LogP contribution >= 0.6 is 11.6 Å². The summed E-state index contributed by atoms with van der Waals surface area (Å²) in [6.07, 6.45) is -1.13. The van der Waals surface area contributed by atoms with Gasteiger partial charge >= 0.3 is 0 Å². The zero-order chi connectivity index (χ0) is 16.4. The van der Waals surface area contributed by atoms with Crippen LogP contribution in [0.2, 0.25) is 5.02 Å². The second-order valence-corrected chi connectivity index (χ2v) is 6.24. The summed E-state index contributed by atoms with van der Waals surface area (Å²) in [5.41, 5.74) is 2.76. The van der Waals surface area contributed by atoms with Crippen molar-refractivity contribution in [3.8, 4) is 0 Å². The van der Waals surface area contributed by atoms with Crippen LogP contribution in [-0.4, -0.2) is 28.3 Å². The van der Waals surface area contributed by atoms with Crippen LogP contribution in [0.25, 0.3) is 0 Å². The summed E-state index contributed by atoms with van der Waals surface area (Å²) < 4.78 is 0. The maximum Gasteiger partial charge on any atom is 0.249 e. The zero-order valence-electron chi connectivity index (χ0n) is 12.4. The van der Waals surface area contributed by atoms with Crippen LogP contribution in [0.3, 0.4) is 0 Å². The van der Waals surface area contributed by atoms with Crippen molar-refractivity contribution < 1.29 is 15.0 Å². The Balaban J connectivity index is 1.66. The van der Waals surface area contributed by atoms with Crippen molar-refractivity contribution in [2.24, 2.45) is 0 Å². The standard InChI is InChI=1S/C18H18ClNO3/c19-13-7-5-11(6-8-13)9-16(22)18(23)20-17-14-4-2-1-3-12(14)10-15(17)21/h1-8,15-17,21-22H,9-10H2,(H,20,23)/t15-,16?,17-/m0/s1. The molecule has 0 aromatic heterocycles. The molecule has 23 heavy (non-hydrogen) atoms. The van der Waals surface area contributed by atoms with Crippen molar-refractivity contribution in [2.45, 2.75) is 31.1 Å². The lowest BCUT2D eigenvalue weighted by Crippen LogP contribution is -2.41. The van der Waals surface area contributed by atoms with Gasteiger partial charge in [-0.05, 0) is 28.8 Å². The van der Waals surface area contributed by atoms with Crippen molar-refractivity contribution in [1.82, 2.24) is 5.32 Å². The number of aliphatic hydroxyl groups excluding tert-OH is 2. The minimum Gasteiger partial charge on any atom is -0.390 e. The monoisotopic (exact) mass is 331 g/mol. The molecule has 1 aliphatic carbocycles. The van der Waals surface area contributed by atoms with Crippen molar-refractivity contribution >= 4 is 17.5 Å². The number of carbonyl (C=O) groups excluding carboxylic acids is 1. The highest BCUT2D eigenvalue weighted by Gasteiger charge is 2.33. The Morgan fingerprint density at radius 2 is 1.91 bits per heavy atom. The molecule has 0 radical (unpaired) electrons. The summed E-state index contributed by atoms with van der Waals surface area (Å²) in [5.74, 6) is -0.485. The first-order valence-corrected chi connectivity index (χ1v) is 7.91. The van der Waals surface area contributed by atoms with Crippen LogP contribution in [-0.2, 0) is 17.6 Å². The highest BCUT2D eigenvalue weighted by atomic mass is 35.5. The molecule has 0 spiro atoms. The molecule has 120 valence electrons. The fourth-order valence-electron chi connectivity index (χ4n) is 2.93. The van der Waals surface area contributed by atoms with E-state index in [0.29, 0.717) is 11.4 Å². The fraction of sp³-hybridized carbons (Fsp3) is 0.278. The summed E-state index contributed by atoms with van der Waals surface area (Å²) in [7, 11) is 0. The number of fused-ring (bicyclic) bond motifs is 1. The lowest BCUT2D eigenvalue weighted by molar-refractivity contribution is -0.130. The summed E-state index contributed by atoms with van der Waals surface area (Å²) in [6.45, 7) is 0. The van der Waals surface area contributed by atoms with Gasteiger partial charge in [0.25, 0.3) is 0 Å². The minimum atomic E-state index is -1.17. The van der Waals surface area contributed by atoms with E-state index in [0.717, 1.165) is 16.7 Å². The molecule has 0 saturated carbocycles. The van der Waals surface area contributed by atoms with E-state index in [9.17, 15) is 15.0 Å². The third kappa shape index (κ3) is 3.55. The van der Waals surface area contributed by atoms with Crippen molar-refractivity contribution in [2.75, 3.05) is 0 Å². The van der Waals surface area contributed by atoms with Gasteiger partial charge in [-0.3, -0.25) is 4.79 Å². The van der Waals surface area contributed by atoms with Crippen molar-refractivity contribution in [1.29, 1.82) is 0 Å². The Morgan fingerprint density at radius 3 is 2.65 bits per heavy atom. The molecule has 2 aromatic carbocycles. The van der Waals surface area contributed by atoms with Gasteiger partial charge in [0.15, 0.2) is 0 Å². The molecule has 1 unspecified atom stereocenters. The molecule has 1 aliphatic rings. The predicted molar refractivity (Wildman–Crippen MR) is 88.2 cm³/mol. The number of aliphatic hydroxyl groups is 2. The molecule has 1 amide bonds. The van der Waals surface area contributed by atoms with E-state index < -0.39 is 24.2 Å². The first kappa shape index (κ1) is 16.0. The Kier molecular flexibility index (Phi) is 4.66. The molecule has 3 N–H and O–H groups in total. The van der Waals surface area contributed by atoms with Gasteiger partial charge in [-0.2, -0.15) is 0 Å². The summed E-state index contributed by atoms with van der Waals surface area (Å²) in [5, 5.41) is 23.6. The van der Waals surface area contributed by atoms with Gasteiger partial charge in [0, 0.05) is 17.9 Å². The van der Waals surface area contributed by atoms with E-state index in [4.69, 9.17) is 11.6 Å². The molecule has 2 aromatic rings. The molecule has 5 heteroatoms. The third-order valence-electron chi connectivity index (χ3n) is 4.15. The van der Waals surface area contributed by atoms with Crippen LogP contribution in [0.5, 0.6) is 0 Å². The molecule has 0 heterocycles. The average molecular weight is 332 g/mol. The second-order valence-electron chi connectivity index (χ2n) is 5.80. The van der Waals surface area contributed by atoms with E-state index in [1.165, 1.54) is 0 Å². The first-order valence-electron chi connectivity index (χ1n) is 7.53.